The van der Waals surface area contributed by atoms with Crippen LogP contribution in [0.25, 0.3) is 0 Å². The Bertz CT molecular complexity index is 1520. The second kappa shape index (κ2) is 24.4. The highest BCUT2D eigenvalue weighted by Crippen LogP contribution is 2.36. The number of phenolic OH excluding ortho intramolecular Hbond substituents is 1. The van der Waals surface area contributed by atoms with Gasteiger partial charge in [-0.1, -0.05) is 148 Å². The second-order valence-electron chi connectivity index (χ2n) is 14.8. The van der Waals surface area contributed by atoms with Gasteiger partial charge >= 0.3 is 11.9 Å². The number of hydrogen-bond donors (Lipinski definition) is 5. The van der Waals surface area contributed by atoms with E-state index in [1.807, 2.05) is 0 Å². The van der Waals surface area contributed by atoms with Crippen molar-refractivity contribution in [3.8, 4) is 5.75 Å². The number of aliphatic hydroxyl groups is 3. The van der Waals surface area contributed by atoms with Crippen LogP contribution in [0.5, 0.6) is 5.75 Å². The van der Waals surface area contributed by atoms with Crippen LogP contribution < -0.4 is 5.73 Å². The second-order valence-corrected chi connectivity index (χ2v) is 14.8. The molecule has 1 heterocycles. The normalized spacial score (nSPS) is 14.7. The van der Waals surface area contributed by atoms with Crippen molar-refractivity contribution in [2.24, 2.45) is 0 Å². The first kappa shape index (κ1) is 44.3. The van der Waals surface area contributed by atoms with E-state index in [2.05, 4.69) is 13.8 Å². The van der Waals surface area contributed by atoms with E-state index in [9.17, 15) is 34.8 Å². The number of ether oxygens (including phenoxy) is 2. The fraction of sp³-hybridized carbons (Fsp3) is 0.614. The van der Waals surface area contributed by atoms with Crippen LogP contribution in [0.3, 0.4) is 0 Å². The van der Waals surface area contributed by atoms with Crippen molar-refractivity contribution in [3.63, 3.8) is 0 Å². The Kier molecular flexibility index (Phi) is 20.0. The first-order chi connectivity index (χ1) is 26.1. The van der Waals surface area contributed by atoms with Gasteiger partial charge in [-0.3, -0.25) is 4.79 Å². The maximum Gasteiger partial charge on any atom is 0.377 e. The molecule has 2 aromatic carbocycles. The standard InChI is InChI=1S/C44H65NO9/c1-3-5-7-9-11-13-15-17-19-21-25-31-29-35(39(48)34(37(31)45)28-22-20-18-16-14-12-10-8-6-4-2)38(47)32-26-23-24-27-33(32)43(51)53-30-36(46)42-40(49)41(50)44(52)54-42/h23-24,26-27,29,36,42,46,48-50H,3-22,25,28,30,45H2,1-2H3. The van der Waals surface area contributed by atoms with Gasteiger partial charge in [0.15, 0.2) is 17.6 Å². The predicted octanol–water partition coefficient (Wildman–Crippen LogP) is 9.90. The zero-order valence-corrected chi connectivity index (χ0v) is 32.7. The first-order valence-electron chi connectivity index (χ1n) is 20.6. The van der Waals surface area contributed by atoms with Crippen molar-refractivity contribution in [1.29, 1.82) is 0 Å². The lowest BCUT2D eigenvalue weighted by molar-refractivity contribution is -0.147. The quantitative estimate of drug-likeness (QED) is 0.0243. The van der Waals surface area contributed by atoms with Crippen LogP contribution in [0.4, 0.5) is 5.69 Å². The lowest BCUT2D eigenvalue weighted by Crippen LogP contribution is -2.33. The number of hydrogen-bond acceptors (Lipinski definition) is 10. The summed E-state index contributed by atoms with van der Waals surface area (Å²) in [6.45, 7) is 3.75. The number of carbonyl (C=O) groups is 3. The van der Waals surface area contributed by atoms with Crippen LogP contribution in [0.1, 0.15) is 180 Å². The van der Waals surface area contributed by atoms with Crippen LogP contribution in [-0.2, 0) is 27.1 Å². The van der Waals surface area contributed by atoms with Crippen LogP contribution in [0, 0.1) is 0 Å². The molecule has 0 saturated heterocycles. The summed E-state index contributed by atoms with van der Waals surface area (Å²) in [4.78, 5) is 38.9. The minimum atomic E-state index is -1.67. The summed E-state index contributed by atoms with van der Waals surface area (Å²) in [5.41, 5.74) is 8.59. The Labute approximate surface area is 322 Å². The summed E-state index contributed by atoms with van der Waals surface area (Å²) in [6, 6.07) is 7.70. The number of aliphatic hydroxyl groups excluding tert-OH is 3. The Morgan fingerprint density at radius 2 is 1.20 bits per heavy atom. The van der Waals surface area contributed by atoms with E-state index in [1.165, 1.54) is 102 Å². The molecule has 1 aliphatic rings. The van der Waals surface area contributed by atoms with E-state index in [0.29, 0.717) is 24.1 Å². The molecule has 0 aromatic heterocycles. The van der Waals surface area contributed by atoms with Gasteiger partial charge < -0.3 is 35.6 Å². The Hall–Kier alpha value is -4.05. The molecule has 0 radical (unpaired) electrons. The molecule has 1 aliphatic heterocycles. The number of carbonyl (C=O) groups excluding carboxylic acids is 3. The van der Waals surface area contributed by atoms with Crippen LogP contribution in [-0.4, -0.2) is 57.0 Å². The molecular weight excluding hydrogens is 686 g/mol. The maximum absolute atomic E-state index is 14.2. The van der Waals surface area contributed by atoms with Crippen molar-refractivity contribution in [3.05, 3.63) is 69.7 Å². The summed E-state index contributed by atoms with van der Waals surface area (Å²) >= 11 is 0. The number of aromatic hydroxyl groups is 1. The molecule has 300 valence electrons. The van der Waals surface area contributed by atoms with Gasteiger partial charge in [-0.15, -0.1) is 0 Å². The van der Waals surface area contributed by atoms with Crippen LogP contribution in [0.2, 0.25) is 0 Å². The predicted molar refractivity (Wildman–Crippen MR) is 212 cm³/mol. The van der Waals surface area contributed by atoms with Gasteiger partial charge in [-0.25, -0.2) is 9.59 Å². The number of benzene rings is 2. The molecule has 0 aliphatic carbocycles. The molecular formula is C44H65NO9. The number of aryl methyl sites for hydroxylation is 1. The van der Waals surface area contributed by atoms with Crippen molar-refractivity contribution in [2.75, 3.05) is 12.3 Å². The van der Waals surface area contributed by atoms with E-state index in [4.69, 9.17) is 15.2 Å². The van der Waals surface area contributed by atoms with Crippen molar-refractivity contribution < 1.29 is 44.3 Å². The topological polar surface area (TPSA) is 177 Å². The molecule has 0 spiro atoms. The van der Waals surface area contributed by atoms with E-state index >= 15 is 0 Å². The SMILES string of the molecule is CCCCCCCCCCCCc1cc(C(=O)c2ccccc2C(=O)OCC(O)C2OC(=O)C(O)=C2O)c(O)c(CCCCCCCCCCCC)c1N. The van der Waals surface area contributed by atoms with Gasteiger partial charge in [0.1, 0.15) is 18.5 Å². The maximum atomic E-state index is 14.2. The fourth-order valence-corrected chi connectivity index (χ4v) is 7.09. The van der Waals surface area contributed by atoms with Crippen molar-refractivity contribution >= 4 is 23.4 Å². The summed E-state index contributed by atoms with van der Waals surface area (Å²) in [7, 11) is 0. The van der Waals surface area contributed by atoms with E-state index in [-0.39, 0.29) is 22.4 Å². The molecule has 2 atom stereocenters. The zero-order chi connectivity index (χ0) is 39.3. The number of nitrogen functional groups attached to an aromatic ring is 1. The van der Waals surface area contributed by atoms with Gasteiger partial charge in [0.25, 0.3) is 0 Å². The van der Waals surface area contributed by atoms with Crippen LogP contribution >= 0.6 is 0 Å². The number of ketones is 1. The summed E-state index contributed by atoms with van der Waals surface area (Å²) in [5, 5.41) is 41.4. The van der Waals surface area contributed by atoms with E-state index < -0.39 is 48.1 Å². The molecule has 0 amide bonds. The minimum absolute atomic E-state index is 0.000448. The summed E-state index contributed by atoms with van der Waals surface area (Å²) < 4.78 is 9.99. The smallest absolute Gasteiger partial charge is 0.377 e. The summed E-state index contributed by atoms with van der Waals surface area (Å²) in [6.07, 6.45) is 21.6. The number of rotatable bonds is 28. The molecule has 6 N–H and O–H groups in total. The van der Waals surface area contributed by atoms with Gasteiger partial charge in [-0.05, 0) is 43.4 Å². The minimum Gasteiger partial charge on any atom is -0.507 e. The Morgan fingerprint density at radius 1 is 0.722 bits per heavy atom. The van der Waals surface area contributed by atoms with E-state index in [0.717, 1.165) is 44.1 Å². The number of phenols is 1. The van der Waals surface area contributed by atoms with E-state index in [1.54, 1.807) is 18.2 Å². The highest BCUT2D eigenvalue weighted by atomic mass is 16.6. The Morgan fingerprint density at radius 3 is 1.70 bits per heavy atom. The molecule has 2 aromatic rings. The molecule has 0 fully saturated rings. The fourth-order valence-electron chi connectivity index (χ4n) is 7.09. The van der Waals surface area contributed by atoms with Crippen molar-refractivity contribution in [2.45, 2.75) is 167 Å². The van der Waals surface area contributed by atoms with Gasteiger partial charge in [0.2, 0.25) is 5.76 Å². The first-order valence-corrected chi connectivity index (χ1v) is 20.6. The van der Waals surface area contributed by atoms with Gasteiger partial charge in [0, 0.05) is 16.8 Å². The average molecular weight is 752 g/mol. The largest absolute Gasteiger partial charge is 0.507 e. The molecule has 54 heavy (non-hydrogen) atoms. The number of cyclic esters (lactones) is 1. The number of esters is 2. The van der Waals surface area contributed by atoms with Crippen molar-refractivity contribution in [1.82, 2.24) is 0 Å². The number of nitrogens with two attached hydrogens (primary N) is 1. The summed E-state index contributed by atoms with van der Waals surface area (Å²) in [5.74, 6) is -4.78. The highest BCUT2D eigenvalue weighted by molar-refractivity contribution is 6.16. The molecule has 10 nitrogen and oxygen atoms in total. The Balaban J connectivity index is 1.72. The lowest BCUT2D eigenvalue weighted by atomic mass is 9.90. The highest BCUT2D eigenvalue weighted by Gasteiger charge is 2.40. The number of unbranched alkanes of at least 4 members (excludes halogenated alkanes) is 18. The molecule has 2 unspecified atom stereocenters. The average Bonchev–Trinajstić information content (AvgIpc) is 3.43. The lowest BCUT2D eigenvalue weighted by Gasteiger charge is -2.19. The monoisotopic (exact) mass is 751 g/mol. The third-order valence-corrected chi connectivity index (χ3v) is 10.4. The van der Waals surface area contributed by atoms with Gasteiger partial charge in [0.05, 0.1) is 11.1 Å². The molecule has 0 saturated carbocycles. The third kappa shape index (κ3) is 13.7. The third-order valence-electron chi connectivity index (χ3n) is 10.4. The molecule has 10 heteroatoms. The zero-order valence-electron chi connectivity index (χ0n) is 32.7. The number of anilines is 1. The van der Waals surface area contributed by atoms with Gasteiger partial charge in [-0.2, -0.15) is 0 Å². The molecule has 0 bridgehead atoms. The van der Waals surface area contributed by atoms with Crippen LogP contribution in [0.15, 0.2) is 41.9 Å². The molecule has 3 rings (SSSR count).